The van der Waals surface area contributed by atoms with Crippen molar-refractivity contribution in [1.29, 1.82) is 0 Å². The van der Waals surface area contributed by atoms with Crippen LogP contribution in [0.3, 0.4) is 0 Å². The van der Waals surface area contributed by atoms with Gasteiger partial charge in [0, 0.05) is 0 Å². The van der Waals surface area contributed by atoms with Crippen molar-refractivity contribution in [2.75, 3.05) is 0 Å². The minimum atomic E-state index is -0.209. The highest BCUT2D eigenvalue weighted by Gasteiger charge is 2.15. The summed E-state index contributed by atoms with van der Waals surface area (Å²) in [4.78, 5) is 14.2. The Morgan fingerprint density at radius 2 is 2.44 bits per heavy atom. The number of hydrogen-bond acceptors (Lipinski definition) is 2. The van der Waals surface area contributed by atoms with Gasteiger partial charge in [0.15, 0.2) is 0 Å². The predicted octanol–water partition coefficient (Wildman–Crippen LogP) is -0.0176. The minimum absolute atomic E-state index is 0.209. The summed E-state index contributed by atoms with van der Waals surface area (Å²) in [6.45, 7) is 0. The maximum Gasteiger partial charge on any atom is 0.280 e. The van der Waals surface area contributed by atoms with Gasteiger partial charge in [0.2, 0.25) is 0 Å². The standard InChI is InChI=1S/C5H3N3O/c9-5-3-1-7-8-4(3)2-6-5/h1-2H,(H,7,8). The van der Waals surface area contributed by atoms with Crippen LogP contribution in [0.15, 0.2) is 11.2 Å². The van der Waals surface area contributed by atoms with Crippen LogP contribution < -0.4 is 0 Å². The first-order valence-corrected chi connectivity index (χ1v) is 2.50. The SMILES string of the molecule is O=C1N=Cc2[nH]ncc21. The normalized spacial score (nSPS) is 14.4. The van der Waals surface area contributed by atoms with Crippen LogP contribution in [0.5, 0.6) is 0 Å². The zero-order chi connectivity index (χ0) is 6.27. The van der Waals surface area contributed by atoms with Crippen molar-refractivity contribution in [2.45, 2.75) is 0 Å². The average Bonchev–Trinajstić information content (AvgIpc) is 2.35. The van der Waals surface area contributed by atoms with Gasteiger partial charge in [-0.25, -0.2) is 4.99 Å². The Kier molecular flexibility index (Phi) is 0.631. The molecule has 1 aliphatic rings. The number of carbonyl (C=O) groups excluding carboxylic acids is 1. The van der Waals surface area contributed by atoms with Crippen LogP contribution in [0.1, 0.15) is 16.1 Å². The van der Waals surface area contributed by atoms with Gasteiger partial charge < -0.3 is 0 Å². The Morgan fingerprint density at radius 3 is 3.22 bits per heavy atom. The molecule has 0 radical (unpaired) electrons. The monoisotopic (exact) mass is 121 g/mol. The molecule has 0 spiro atoms. The lowest BCUT2D eigenvalue weighted by Crippen LogP contribution is -1.85. The van der Waals surface area contributed by atoms with Gasteiger partial charge in [-0.1, -0.05) is 0 Å². The first-order chi connectivity index (χ1) is 4.38. The minimum Gasteiger partial charge on any atom is -0.276 e. The number of rotatable bonds is 0. The number of carbonyl (C=O) groups is 1. The van der Waals surface area contributed by atoms with Crippen molar-refractivity contribution in [2.24, 2.45) is 4.99 Å². The van der Waals surface area contributed by atoms with Crippen LogP contribution in [-0.4, -0.2) is 22.3 Å². The zero-order valence-corrected chi connectivity index (χ0v) is 4.46. The van der Waals surface area contributed by atoms with Crippen LogP contribution in [0.4, 0.5) is 0 Å². The first kappa shape index (κ1) is 4.43. The summed E-state index contributed by atoms with van der Waals surface area (Å²) in [6.07, 6.45) is 2.95. The van der Waals surface area contributed by atoms with Crippen molar-refractivity contribution in [3.63, 3.8) is 0 Å². The van der Waals surface area contributed by atoms with Gasteiger partial charge in [0.1, 0.15) is 0 Å². The predicted molar refractivity (Wildman–Crippen MR) is 30.5 cm³/mol. The van der Waals surface area contributed by atoms with E-state index in [0.29, 0.717) is 11.3 Å². The van der Waals surface area contributed by atoms with E-state index in [9.17, 15) is 4.79 Å². The second kappa shape index (κ2) is 1.28. The van der Waals surface area contributed by atoms with E-state index in [4.69, 9.17) is 0 Å². The fourth-order valence-electron chi connectivity index (χ4n) is 0.758. The number of nitrogens with one attached hydrogen (secondary N) is 1. The van der Waals surface area contributed by atoms with Gasteiger partial charge in [-0.3, -0.25) is 9.89 Å². The van der Waals surface area contributed by atoms with E-state index in [1.54, 1.807) is 0 Å². The molecule has 0 bridgehead atoms. The van der Waals surface area contributed by atoms with Crippen LogP contribution in [0.2, 0.25) is 0 Å². The van der Waals surface area contributed by atoms with Crippen molar-refractivity contribution in [3.8, 4) is 0 Å². The molecule has 1 aromatic heterocycles. The van der Waals surface area contributed by atoms with Crippen molar-refractivity contribution in [1.82, 2.24) is 10.2 Å². The van der Waals surface area contributed by atoms with E-state index >= 15 is 0 Å². The lowest BCUT2D eigenvalue weighted by molar-refractivity contribution is 0.101. The van der Waals surface area contributed by atoms with E-state index in [-0.39, 0.29) is 5.91 Å². The van der Waals surface area contributed by atoms with E-state index < -0.39 is 0 Å². The number of H-pyrrole nitrogens is 1. The molecule has 2 heterocycles. The molecule has 1 N–H and O–H groups in total. The molecule has 44 valence electrons. The van der Waals surface area contributed by atoms with Gasteiger partial charge in [0.25, 0.3) is 5.91 Å². The number of aromatic nitrogens is 2. The molecular formula is C5H3N3O. The van der Waals surface area contributed by atoms with E-state index in [1.807, 2.05) is 0 Å². The molecular weight excluding hydrogens is 118 g/mol. The molecule has 0 atom stereocenters. The Hall–Kier alpha value is -1.45. The van der Waals surface area contributed by atoms with Gasteiger partial charge in [0.05, 0.1) is 23.7 Å². The number of hydrogen-bond donors (Lipinski definition) is 1. The zero-order valence-electron chi connectivity index (χ0n) is 4.46. The van der Waals surface area contributed by atoms with Gasteiger partial charge in [-0.15, -0.1) is 0 Å². The largest absolute Gasteiger partial charge is 0.280 e. The number of amides is 1. The smallest absolute Gasteiger partial charge is 0.276 e. The van der Waals surface area contributed by atoms with Crippen molar-refractivity contribution >= 4 is 12.1 Å². The molecule has 1 aliphatic heterocycles. The van der Waals surface area contributed by atoms with Gasteiger partial charge in [-0.05, 0) is 0 Å². The fourth-order valence-corrected chi connectivity index (χ4v) is 0.758. The third-order valence-electron chi connectivity index (χ3n) is 1.21. The number of nitrogens with zero attached hydrogens (tertiary/aromatic N) is 2. The highest BCUT2D eigenvalue weighted by molar-refractivity contribution is 6.11. The number of aliphatic imine (C=N–C) groups is 1. The molecule has 0 aromatic carbocycles. The number of fused-ring (bicyclic) bond motifs is 1. The topological polar surface area (TPSA) is 58.1 Å². The van der Waals surface area contributed by atoms with Crippen molar-refractivity contribution < 1.29 is 4.79 Å². The lowest BCUT2D eigenvalue weighted by atomic mass is 10.3. The average molecular weight is 121 g/mol. The summed E-state index contributed by atoms with van der Waals surface area (Å²) in [6, 6.07) is 0. The molecule has 0 saturated heterocycles. The molecule has 4 heteroatoms. The molecule has 0 saturated carbocycles. The molecule has 0 unspecified atom stereocenters. The second-order valence-electron chi connectivity index (χ2n) is 1.76. The maximum absolute atomic E-state index is 10.7. The molecule has 0 fully saturated rings. The Balaban J connectivity index is 2.73. The molecule has 2 rings (SSSR count). The first-order valence-electron chi connectivity index (χ1n) is 2.50. The molecule has 1 aromatic rings. The summed E-state index contributed by atoms with van der Waals surface area (Å²) in [5.41, 5.74) is 1.27. The number of aromatic amines is 1. The van der Waals surface area contributed by atoms with E-state index in [1.165, 1.54) is 12.4 Å². The maximum atomic E-state index is 10.7. The summed E-state index contributed by atoms with van der Waals surface area (Å²) in [5.74, 6) is -0.209. The quantitative estimate of drug-likeness (QED) is 0.524. The van der Waals surface area contributed by atoms with Gasteiger partial charge >= 0.3 is 0 Å². The van der Waals surface area contributed by atoms with Gasteiger partial charge in [-0.2, -0.15) is 5.10 Å². The third kappa shape index (κ3) is 0.440. The third-order valence-corrected chi connectivity index (χ3v) is 1.21. The summed E-state index contributed by atoms with van der Waals surface area (Å²) >= 11 is 0. The molecule has 4 nitrogen and oxygen atoms in total. The second-order valence-corrected chi connectivity index (χ2v) is 1.76. The van der Waals surface area contributed by atoms with Crippen LogP contribution in [0, 0.1) is 0 Å². The lowest BCUT2D eigenvalue weighted by Gasteiger charge is -1.75. The highest BCUT2D eigenvalue weighted by atomic mass is 16.1. The van der Waals surface area contributed by atoms with Crippen LogP contribution >= 0.6 is 0 Å². The molecule has 9 heavy (non-hydrogen) atoms. The molecule has 1 amide bonds. The Morgan fingerprint density at radius 1 is 1.56 bits per heavy atom. The summed E-state index contributed by atoms with van der Waals surface area (Å²) < 4.78 is 0. The van der Waals surface area contributed by atoms with Crippen LogP contribution in [0.25, 0.3) is 0 Å². The highest BCUT2D eigenvalue weighted by Crippen LogP contribution is 2.08. The van der Waals surface area contributed by atoms with E-state index in [0.717, 1.165) is 0 Å². The summed E-state index contributed by atoms with van der Waals surface area (Å²) in [5, 5.41) is 6.28. The Bertz CT molecular complexity index is 286. The van der Waals surface area contributed by atoms with Crippen LogP contribution in [-0.2, 0) is 0 Å². The molecule has 0 aliphatic carbocycles. The fraction of sp³-hybridized carbons (Fsp3) is 0. The Labute approximate surface area is 50.6 Å². The summed E-state index contributed by atoms with van der Waals surface area (Å²) in [7, 11) is 0. The van der Waals surface area contributed by atoms with Crippen molar-refractivity contribution in [3.05, 3.63) is 17.5 Å². The van der Waals surface area contributed by atoms with E-state index in [2.05, 4.69) is 15.2 Å².